The van der Waals surface area contributed by atoms with Crippen LogP contribution in [-0.2, 0) is 4.79 Å². The van der Waals surface area contributed by atoms with Crippen molar-refractivity contribution >= 4 is 27.9 Å². The SMILES string of the molecule is CC(=O)NCC=Cc1ccc(Br)cc1O. The van der Waals surface area contributed by atoms with Gasteiger partial charge in [-0.2, -0.15) is 0 Å². The topological polar surface area (TPSA) is 49.3 Å². The standard InChI is InChI=1S/C11H12BrNO2/c1-8(14)13-6-2-3-9-4-5-10(12)7-11(9)15/h2-5,7,15H,6H2,1H3,(H,13,14). The van der Waals surface area contributed by atoms with Gasteiger partial charge in [0.25, 0.3) is 0 Å². The Labute approximate surface area is 96.9 Å². The zero-order chi connectivity index (χ0) is 11.3. The average molecular weight is 270 g/mol. The number of amides is 1. The Hall–Kier alpha value is -1.29. The molecule has 0 atom stereocenters. The first-order valence-corrected chi connectivity index (χ1v) is 5.28. The van der Waals surface area contributed by atoms with E-state index < -0.39 is 0 Å². The highest BCUT2D eigenvalue weighted by Crippen LogP contribution is 2.23. The summed E-state index contributed by atoms with van der Waals surface area (Å²) in [5, 5.41) is 12.2. The van der Waals surface area contributed by atoms with E-state index in [4.69, 9.17) is 0 Å². The van der Waals surface area contributed by atoms with Crippen LogP contribution >= 0.6 is 15.9 Å². The fraction of sp³-hybridized carbons (Fsp3) is 0.182. The summed E-state index contributed by atoms with van der Waals surface area (Å²) in [7, 11) is 0. The smallest absolute Gasteiger partial charge is 0.217 e. The van der Waals surface area contributed by atoms with Gasteiger partial charge in [0.05, 0.1) is 0 Å². The summed E-state index contributed by atoms with van der Waals surface area (Å²) in [5.41, 5.74) is 0.726. The van der Waals surface area contributed by atoms with Gasteiger partial charge in [-0.05, 0) is 12.1 Å². The third-order valence-corrected chi connectivity index (χ3v) is 2.25. The molecule has 0 aromatic heterocycles. The minimum atomic E-state index is -0.0697. The lowest BCUT2D eigenvalue weighted by molar-refractivity contribution is -0.118. The van der Waals surface area contributed by atoms with Crippen molar-refractivity contribution in [3.8, 4) is 5.75 Å². The Morgan fingerprint density at radius 3 is 2.93 bits per heavy atom. The number of hydrogen-bond donors (Lipinski definition) is 2. The van der Waals surface area contributed by atoms with Crippen molar-refractivity contribution in [1.82, 2.24) is 5.32 Å². The molecule has 4 heteroatoms. The predicted octanol–water partition coefficient (Wildman–Crippen LogP) is 2.30. The van der Waals surface area contributed by atoms with Crippen LogP contribution < -0.4 is 5.32 Å². The van der Waals surface area contributed by atoms with Crippen LogP contribution in [0.15, 0.2) is 28.7 Å². The maximum absolute atomic E-state index is 10.6. The second kappa shape index (κ2) is 5.56. The molecule has 0 saturated carbocycles. The first-order chi connectivity index (χ1) is 7.09. The molecular weight excluding hydrogens is 258 g/mol. The lowest BCUT2D eigenvalue weighted by Crippen LogP contribution is -2.19. The molecule has 1 aromatic rings. The summed E-state index contributed by atoms with van der Waals surface area (Å²) in [6, 6.07) is 5.26. The van der Waals surface area contributed by atoms with Crippen LogP contribution in [0.3, 0.4) is 0 Å². The maximum Gasteiger partial charge on any atom is 0.217 e. The number of phenols is 1. The van der Waals surface area contributed by atoms with E-state index in [0.29, 0.717) is 6.54 Å². The van der Waals surface area contributed by atoms with Crippen LogP contribution in [0.2, 0.25) is 0 Å². The molecule has 2 N–H and O–H groups in total. The molecule has 0 aliphatic rings. The molecular formula is C11H12BrNO2. The highest BCUT2D eigenvalue weighted by Gasteiger charge is 1.96. The zero-order valence-electron chi connectivity index (χ0n) is 8.33. The van der Waals surface area contributed by atoms with Crippen molar-refractivity contribution < 1.29 is 9.90 Å². The summed E-state index contributed by atoms with van der Waals surface area (Å²) < 4.78 is 0.832. The summed E-state index contributed by atoms with van der Waals surface area (Å²) in [6.07, 6.45) is 3.54. The minimum absolute atomic E-state index is 0.0697. The van der Waals surface area contributed by atoms with Gasteiger partial charge in [-0.15, -0.1) is 0 Å². The van der Waals surface area contributed by atoms with Crippen LogP contribution in [0, 0.1) is 0 Å². The molecule has 0 radical (unpaired) electrons. The van der Waals surface area contributed by atoms with Gasteiger partial charge in [0, 0.05) is 23.5 Å². The summed E-state index contributed by atoms with van der Waals surface area (Å²) in [6.45, 7) is 1.93. The molecule has 0 saturated heterocycles. The molecule has 0 unspecified atom stereocenters. The minimum Gasteiger partial charge on any atom is -0.507 e. The van der Waals surface area contributed by atoms with E-state index in [2.05, 4.69) is 21.2 Å². The third kappa shape index (κ3) is 4.16. The second-order valence-electron chi connectivity index (χ2n) is 3.04. The third-order valence-electron chi connectivity index (χ3n) is 1.76. The molecule has 1 rings (SSSR count). The van der Waals surface area contributed by atoms with E-state index in [9.17, 15) is 9.90 Å². The monoisotopic (exact) mass is 269 g/mol. The summed E-state index contributed by atoms with van der Waals surface area (Å²) in [4.78, 5) is 10.6. The molecule has 1 amide bonds. The molecule has 0 bridgehead atoms. The van der Waals surface area contributed by atoms with Crippen molar-refractivity contribution in [3.63, 3.8) is 0 Å². The highest BCUT2D eigenvalue weighted by atomic mass is 79.9. The number of phenolic OH excluding ortho intramolecular Hbond substituents is 1. The molecule has 0 aliphatic carbocycles. The van der Waals surface area contributed by atoms with Gasteiger partial charge in [0.2, 0.25) is 5.91 Å². The van der Waals surface area contributed by atoms with E-state index >= 15 is 0 Å². The van der Waals surface area contributed by atoms with Crippen molar-refractivity contribution in [2.75, 3.05) is 6.54 Å². The quantitative estimate of drug-likeness (QED) is 0.885. The lowest BCUT2D eigenvalue weighted by Gasteiger charge is -1.99. The molecule has 0 spiro atoms. The summed E-state index contributed by atoms with van der Waals surface area (Å²) in [5.74, 6) is 0.142. The van der Waals surface area contributed by atoms with Crippen LogP contribution in [0.5, 0.6) is 5.75 Å². The van der Waals surface area contributed by atoms with Crippen LogP contribution in [0.25, 0.3) is 6.08 Å². The largest absolute Gasteiger partial charge is 0.507 e. The first kappa shape index (κ1) is 11.8. The fourth-order valence-electron chi connectivity index (χ4n) is 1.05. The van der Waals surface area contributed by atoms with Crippen molar-refractivity contribution in [3.05, 3.63) is 34.3 Å². The molecule has 1 aromatic carbocycles. The molecule has 0 aliphatic heterocycles. The molecule has 0 fully saturated rings. The molecule has 3 nitrogen and oxygen atoms in total. The number of halogens is 1. The number of carbonyl (C=O) groups is 1. The number of nitrogens with one attached hydrogen (secondary N) is 1. The van der Waals surface area contributed by atoms with Gasteiger partial charge in [-0.1, -0.05) is 34.1 Å². The van der Waals surface area contributed by atoms with Crippen LogP contribution in [0.4, 0.5) is 0 Å². The van der Waals surface area contributed by atoms with Crippen LogP contribution in [0.1, 0.15) is 12.5 Å². The van der Waals surface area contributed by atoms with Crippen molar-refractivity contribution in [2.45, 2.75) is 6.92 Å². The first-order valence-electron chi connectivity index (χ1n) is 4.49. The highest BCUT2D eigenvalue weighted by molar-refractivity contribution is 9.10. The van der Waals surface area contributed by atoms with Gasteiger partial charge in [0.1, 0.15) is 5.75 Å². The Morgan fingerprint density at radius 1 is 1.60 bits per heavy atom. The molecule has 80 valence electrons. The predicted molar refractivity (Wildman–Crippen MR) is 63.5 cm³/mol. The number of benzene rings is 1. The van der Waals surface area contributed by atoms with Gasteiger partial charge in [-0.3, -0.25) is 4.79 Å². The Balaban J connectivity index is 2.60. The molecule has 15 heavy (non-hydrogen) atoms. The maximum atomic E-state index is 10.6. The van der Waals surface area contributed by atoms with E-state index in [1.54, 1.807) is 24.3 Å². The van der Waals surface area contributed by atoms with E-state index in [1.165, 1.54) is 6.92 Å². The van der Waals surface area contributed by atoms with E-state index in [1.807, 2.05) is 6.07 Å². The van der Waals surface area contributed by atoms with Crippen LogP contribution in [-0.4, -0.2) is 17.6 Å². The van der Waals surface area contributed by atoms with Gasteiger partial charge >= 0.3 is 0 Å². The second-order valence-corrected chi connectivity index (χ2v) is 3.96. The van der Waals surface area contributed by atoms with Gasteiger partial charge in [-0.25, -0.2) is 0 Å². The summed E-state index contributed by atoms with van der Waals surface area (Å²) >= 11 is 3.26. The van der Waals surface area contributed by atoms with Gasteiger partial charge in [0.15, 0.2) is 0 Å². The van der Waals surface area contributed by atoms with Gasteiger partial charge < -0.3 is 10.4 Å². The lowest BCUT2D eigenvalue weighted by atomic mass is 10.2. The zero-order valence-corrected chi connectivity index (χ0v) is 9.91. The number of hydrogen-bond acceptors (Lipinski definition) is 2. The van der Waals surface area contributed by atoms with E-state index in [0.717, 1.165) is 10.0 Å². The average Bonchev–Trinajstić information content (AvgIpc) is 2.14. The fourth-order valence-corrected chi connectivity index (χ4v) is 1.40. The van der Waals surface area contributed by atoms with Crippen molar-refractivity contribution in [2.24, 2.45) is 0 Å². The normalized spacial score (nSPS) is 10.5. The number of carbonyl (C=O) groups excluding carboxylic acids is 1. The Morgan fingerprint density at radius 2 is 2.33 bits per heavy atom. The number of aromatic hydroxyl groups is 1. The Kier molecular flexibility index (Phi) is 4.37. The van der Waals surface area contributed by atoms with Crippen molar-refractivity contribution in [1.29, 1.82) is 0 Å². The van der Waals surface area contributed by atoms with E-state index in [-0.39, 0.29) is 11.7 Å². The molecule has 0 heterocycles. The Bertz CT molecular complexity index is 388. The number of rotatable bonds is 3.